The molecule has 6 rings (SSSR count). The number of piperazine rings is 1. The molecule has 0 unspecified atom stereocenters. The third kappa shape index (κ3) is 4.48. The van der Waals surface area contributed by atoms with Gasteiger partial charge in [0.15, 0.2) is 29.1 Å². The van der Waals surface area contributed by atoms with Crippen LogP contribution in [0.25, 0.3) is 0 Å². The molecule has 13 nitrogen and oxygen atoms in total. The number of nitrogens with zero attached hydrogens (tertiary/aromatic N) is 2. The Morgan fingerprint density at radius 2 is 1.68 bits per heavy atom. The van der Waals surface area contributed by atoms with Gasteiger partial charge in [-0.3, -0.25) is 9.80 Å². The lowest BCUT2D eigenvalue weighted by molar-refractivity contribution is -0.235. The summed E-state index contributed by atoms with van der Waals surface area (Å²) in [5.41, 5.74) is 1.20. The summed E-state index contributed by atoms with van der Waals surface area (Å²) in [7, 11) is 1.27. The molecule has 0 aliphatic carbocycles. The summed E-state index contributed by atoms with van der Waals surface area (Å²) in [5, 5.41) is 52.6. The molecule has 0 amide bonds. The molecule has 4 aliphatic rings. The lowest BCUT2D eigenvalue weighted by Crippen LogP contribution is -2.58. The van der Waals surface area contributed by atoms with E-state index in [1.54, 1.807) is 0 Å². The fourth-order valence-electron chi connectivity index (χ4n) is 5.89. The number of methoxy groups -OCH3 is 1. The van der Waals surface area contributed by atoms with Gasteiger partial charge < -0.3 is 49.2 Å². The first-order valence-electron chi connectivity index (χ1n) is 13.1. The van der Waals surface area contributed by atoms with Crippen LogP contribution in [-0.4, -0.2) is 112 Å². The highest BCUT2D eigenvalue weighted by molar-refractivity contribution is 5.97. The number of benzene rings is 2. The highest BCUT2D eigenvalue weighted by Crippen LogP contribution is 2.52. The molecule has 2 aromatic carbocycles. The van der Waals surface area contributed by atoms with Crippen LogP contribution in [-0.2, 0) is 22.6 Å². The van der Waals surface area contributed by atoms with Gasteiger partial charge in [0.05, 0.1) is 19.3 Å². The van der Waals surface area contributed by atoms with E-state index in [2.05, 4.69) is 9.80 Å². The average Bonchev–Trinajstić information content (AvgIpc) is 3.42. The molecule has 4 heterocycles. The van der Waals surface area contributed by atoms with Gasteiger partial charge in [-0.1, -0.05) is 6.07 Å². The maximum atomic E-state index is 13.2. The Balaban J connectivity index is 1.23. The van der Waals surface area contributed by atoms with Crippen LogP contribution in [0.1, 0.15) is 33.2 Å². The van der Waals surface area contributed by atoms with Crippen molar-refractivity contribution in [2.24, 2.45) is 0 Å². The van der Waals surface area contributed by atoms with Crippen LogP contribution in [0.15, 0.2) is 18.2 Å². The monoisotopic (exact) mass is 560 g/mol. The van der Waals surface area contributed by atoms with Gasteiger partial charge in [-0.2, -0.15) is 0 Å². The second kappa shape index (κ2) is 10.6. The van der Waals surface area contributed by atoms with Gasteiger partial charge in [0.25, 0.3) is 0 Å². The normalized spacial score (nSPS) is 28.1. The predicted molar refractivity (Wildman–Crippen MR) is 135 cm³/mol. The Morgan fingerprint density at radius 1 is 0.975 bits per heavy atom. The Bertz CT molecular complexity index is 1300. The van der Waals surface area contributed by atoms with Crippen LogP contribution in [0.5, 0.6) is 28.7 Å². The fraction of sp³-hybridized carbons (Fsp3) is 0.519. The number of carbonyl (C=O) groups is 1. The van der Waals surface area contributed by atoms with Crippen LogP contribution in [0.2, 0.25) is 0 Å². The Labute approximate surface area is 229 Å². The summed E-state index contributed by atoms with van der Waals surface area (Å²) >= 11 is 0. The molecule has 2 aromatic rings. The number of carbonyl (C=O) groups excluding carboxylic acids is 1. The Kier molecular flexibility index (Phi) is 7.10. The Morgan fingerprint density at radius 3 is 2.38 bits per heavy atom. The van der Waals surface area contributed by atoms with E-state index in [-0.39, 0.29) is 35.8 Å². The lowest BCUT2D eigenvalue weighted by atomic mass is 9.84. The number of fused-ring (bicyclic) bond motifs is 4. The van der Waals surface area contributed by atoms with Crippen molar-refractivity contribution in [2.45, 2.75) is 43.6 Å². The van der Waals surface area contributed by atoms with Crippen molar-refractivity contribution in [1.29, 1.82) is 0 Å². The first-order chi connectivity index (χ1) is 19.3. The number of phenolic OH excluding ortho intramolecular Hbond substituents is 2. The van der Waals surface area contributed by atoms with Crippen LogP contribution in [0.4, 0.5) is 0 Å². The van der Waals surface area contributed by atoms with Gasteiger partial charge >= 0.3 is 5.97 Å². The second-order valence-corrected chi connectivity index (χ2v) is 10.4. The van der Waals surface area contributed by atoms with Crippen molar-refractivity contribution in [3.8, 4) is 28.7 Å². The summed E-state index contributed by atoms with van der Waals surface area (Å²) in [5.74, 6) is -0.568. The molecule has 0 saturated carbocycles. The van der Waals surface area contributed by atoms with Crippen molar-refractivity contribution in [3.05, 3.63) is 40.5 Å². The summed E-state index contributed by atoms with van der Waals surface area (Å²) in [6.45, 7) is 3.23. The summed E-state index contributed by atoms with van der Waals surface area (Å²) in [6, 6.07) is 5.89. The van der Waals surface area contributed by atoms with Gasteiger partial charge in [-0.25, -0.2) is 4.79 Å². The molecule has 0 bridgehead atoms. The van der Waals surface area contributed by atoms with E-state index in [0.717, 1.165) is 36.7 Å². The van der Waals surface area contributed by atoms with Gasteiger partial charge in [0.1, 0.15) is 24.4 Å². The third-order valence-corrected chi connectivity index (χ3v) is 8.04. The SMILES string of the molecule is COc1c(O)c(CN2CCN(Cc3ccc4c(c3)OCO4)CC2)c2c(c1O)[C@@H]1O[C@H](CO)[C@@H](O)[C@H](O)[C@@H]1OC2=O. The zero-order chi connectivity index (χ0) is 28.1. The minimum Gasteiger partial charge on any atom is -0.504 e. The van der Waals surface area contributed by atoms with E-state index < -0.39 is 54.6 Å². The zero-order valence-electron chi connectivity index (χ0n) is 21.9. The molecule has 2 fully saturated rings. The van der Waals surface area contributed by atoms with Crippen molar-refractivity contribution >= 4 is 5.97 Å². The predicted octanol–water partition coefficient (Wildman–Crippen LogP) is -0.154. The topological polar surface area (TPSA) is 171 Å². The third-order valence-electron chi connectivity index (χ3n) is 8.04. The number of aliphatic hydroxyl groups is 3. The van der Waals surface area contributed by atoms with E-state index in [9.17, 15) is 30.3 Å². The van der Waals surface area contributed by atoms with E-state index >= 15 is 0 Å². The number of aliphatic hydroxyl groups excluding tert-OH is 3. The molecule has 0 aromatic heterocycles. The number of phenols is 2. The van der Waals surface area contributed by atoms with E-state index in [4.69, 9.17) is 23.7 Å². The van der Waals surface area contributed by atoms with Crippen LogP contribution in [0.3, 0.4) is 0 Å². The molecule has 13 heteroatoms. The number of hydrogen-bond donors (Lipinski definition) is 5. The van der Waals surface area contributed by atoms with Crippen molar-refractivity contribution in [2.75, 3.05) is 46.7 Å². The van der Waals surface area contributed by atoms with Crippen molar-refractivity contribution < 1.29 is 54.0 Å². The molecule has 0 radical (unpaired) electrons. The van der Waals surface area contributed by atoms with E-state index in [0.29, 0.717) is 13.1 Å². The number of hydrogen-bond acceptors (Lipinski definition) is 13. The molecule has 40 heavy (non-hydrogen) atoms. The minimum atomic E-state index is -1.56. The zero-order valence-corrected chi connectivity index (χ0v) is 21.9. The molecule has 5 atom stereocenters. The van der Waals surface area contributed by atoms with Gasteiger partial charge in [0, 0.05) is 50.4 Å². The highest BCUT2D eigenvalue weighted by atomic mass is 16.7. The van der Waals surface area contributed by atoms with Gasteiger partial charge in [-0.05, 0) is 17.7 Å². The molecular weight excluding hydrogens is 528 g/mol. The highest BCUT2D eigenvalue weighted by Gasteiger charge is 2.53. The van der Waals surface area contributed by atoms with Gasteiger partial charge in [0.2, 0.25) is 12.5 Å². The summed E-state index contributed by atoms with van der Waals surface area (Å²) in [6.07, 6.45) is -6.77. The smallest absolute Gasteiger partial charge is 0.339 e. The molecule has 216 valence electrons. The maximum absolute atomic E-state index is 13.2. The van der Waals surface area contributed by atoms with Gasteiger partial charge in [-0.15, -0.1) is 0 Å². The van der Waals surface area contributed by atoms with Crippen LogP contribution >= 0.6 is 0 Å². The fourth-order valence-corrected chi connectivity index (χ4v) is 5.89. The quantitative estimate of drug-likeness (QED) is 0.296. The second-order valence-electron chi connectivity index (χ2n) is 10.4. The summed E-state index contributed by atoms with van der Waals surface area (Å²) < 4.78 is 27.4. The number of rotatable bonds is 6. The molecule has 0 spiro atoms. The molecule has 5 N–H and O–H groups in total. The van der Waals surface area contributed by atoms with E-state index in [1.807, 2.05) is 18.2 Å². The lowest BCUT2D eigenvalue weighted by Gasteiger charge is -2.45. The molecule has 2 saturated heterocycles. The Hall–Kier alpha value is -3.33. The van der Waals surface area contributed by atoms with Crippen LogP contribution in [0, 0.1) is 0 Å². The number of aromatic hydroxyl groups is 2. The largest absolute Gasteiger partial charge is 0.504 e. The minimum absolute atomic E-state index is 0.0169. The molecular formula is C27H32N2O11. The van der Waals surface area contributed by atoms with E-state index in [1.165, 1.54) is 7.11 Å². The number of esters is 1. The van der Waals surface area contributed by atoms with Crippen molar-refractivity contribution in [3.63, 3.8) is 0 Å². The first-order valence-corrected chi connectivity index (χ1v) is 13.1. The van der Waals surface area contributed by atoms with Crippen molar-refractivity contribution in [1.82, 2.24) is 9.80 Å². The maximum Gasteiger partial charge on any atom is 0.339 e. The number of ether oxygens (including phenoxy) is 5. The average molecular weight is 561 g/mol. The summed E-state index contributed by atoms with van der Waals surface area (Å²) in [4.78, 5) is 17.6. The molecule has 4 aliphatic heterocycles. The van der Waals surface area contributed by atoms with Crippen LogP contribution < -0.4 is 14.2 Å². The first kappa shape index (κ1) is 26.9. The standard InChI is InChI=1S/C27H32N2O11/c1-36-25-20(31)14(10-29-6-4-28(5-7-29)9-13-2-3-15-16(8-13)38-12-37-15)18-19(22(25)33)24-26(40-27(18)35)23(34)21(32)17(11-30)39-24/h2-3,8,17,21,23-24,26,30-34H,4-7,9-12H2,1H3/t17-,21-,23+,24+,26+/m1/s1.